The topological polar surface area (TPSA) is 37.4 Å². The van der Waals surface area contributed by atoms with Crippen LogP contribution in [-0.2, 0) is 10.0 Å². The van der Waals surface area contributed by atoms with Gasteiger partial charge < -0.3 is 0 Å². The van der Waals surface area contributed by atoms with Crippen LogP contribution < -0.4 is 0 Å². The Balaban J connectivity index is 2.88. The number of nitrogens with zero attached hydrogens (tertiary/aromatic N) is 1. The van der Waals surface area contributed by atoms with Crippen LogP contribution in [-0.4, -0.2) is 31.1 Å². The highest BCUT2D eigenvalue weighted by molar-refractivity contribution is 7.89. The Morgan fingerprint density at radius 3 is 2.62 bits per heavy atom. The molecule has 0 spiro atoms. The lowest BCUT2D eigenvalue weighted by Crippen LogP contribution is -2.35. The standard InChI is InChI=1S/C9H15NO2S/c1-4-9(5-2)10-6-8(3)7-13(10,11)12/h1,8-9H,5-7H2,2-3H3. The Bertz CT molecular complexity index is 315. The minimum absolute atomic E-state index is 0.201. The number of sulfonamides is 1. The average Bonchev–Trinajstić information content (AvgIpc) is 2.28. The van der Waals surface area contributed by atoms with Crippen LogP contribution in [0.15, 0.2) is 0 Å². The molecule has 13 heavy (non-hydrogen) atoms. The molecule has 0 aliphatic carbocycles. The van der Waals surface area contributed by atoms with Crippen molar-refractivity contribution in [2.45, 2.75) is 26.3 Å². The van der Waals surface area contributed by atoms with E-state index in [0.717, 1.165) is 0 Å². The van der Waals surface area contributed by atoms with Gasteiger partial charge in [-0.2, -0.15) is 4.31 Å². The summed E-state index contributed by atoms with van der Waals surface area (Å²) in [6.07, 6.45) is 5.96. The van der Waals surface area contributed by atoms with Crippen molar-refractivity contribution in [3.63, 3.8) is 0 Å². The van der Waals surface area contributed by atoms with E-state index in [2.05, 4.69) is 5.92 Å². The van der Waals surface area contributed by atoms with Crippen LogP contribution in [0, 0.1) is 18.3 Å². The highest BCUT2D eigenvalue weighted by Crippen LogP contribution is 2.22. The fourth-order valence-corrected chi connectivity index (χ4v) is 3.75. The van der Waals surface area contributed by atoms with Crippen LogP contribution in [0.3, 0.4) is 0 Å². The molecule has 0 aromatic rings. The van der Waals surface area contributed by atoms with Gasteiger partial charge in [0.1, 0.15) is 0 Å². The fourth-order valence-electron chi connectivity index (χ4n) is 1.65. The maximum atomic E-state index is 11.6. The first kappa shape index (κ1) is 10.6. The minimum Gasteiger partial charge on any atom is -0.212 e. The van der Waals surface area contributed by atoms with E-state index < -0.39 is 10.0 Å². The second-order valence-corrected chi connectivity index (χ2v) is 5.51. The lowest BCUT2D eigenvalue weighted by molar-refractivity contribution is 0.365. The Morgan fingerprint density at radius 1 is 1.69 bits per heavy atom. The second kappa shape index (κ2) is 3.69. The molecule has 0 radical (unpaired) electrons. The smallest absolute Gasteiger partial charge is 0.212 e. The third kappa shape index (κ3) is 2.04. The zero-order valence-electron chi connectivity index (χ0n) is 8.03. The van der Waals surface area contributed by atoms with Gasteiger partial charge in [0.05, 0.1) is 11.8 Å². The predicted molar refractivity (Wildman–Crippen MR) is 52.6 cm³/mol. The van der Waals surface area contributed by atoms with Gasteiger partial charge in [-0.25, -0.2) is 8.42 Å². The maximum Gasteiger partial charge on any atom is 0.215 e. The van der Waals surface area contributed by atoms with Gasteiger partial charge >= 0.3 is 0 Å². The zero-order valence-corrected chi connectivity index (χ0v) is 8.84. The largest absolute Gasteiger partial charge is 0.215 e. The first-order chi connectivity index (χ1) is 6.01. The highest BCUT2D eigenvalue weighted by atomic mass is 32.2. The third-order valence-corrected chi connectivity index (χ3v) is 4.38. The zero-order chi connectivity index (χ0) is 10.1. The van der Waals surface area contributed by atoms with E-state index in [4.69, 9.17) is 6.42 Å². The van der Waals surface area contributed by atoms with Gasteiger partial charge in [0.25, 0.3) is 0 Å². The van der Waals surface area contributed by atoms with Gasteiger partial charge in [0.2, 0.25) is 10.0 Å². The van der Waals surface area contributed by atoms with Crippen molar-refractivity contribution < 1.29 is 8.42 Å². The molecule has 1 aliphatic heterocycles. The molecule has 2 atom stereocenters. The van der Waals surface area contributed by atoms with Crippen LogP contribution >= 0.6 is 0 Å². The summed E-state index contributed by atoms with van der Waals surface area (Å²) < 4.78 is 24.6. The molecule has 4 heteroatoms. The average molecular weight is 201 g/mol. The number of hydrogen-bond acceptors (Lipinski definition) is 2. The summed E-state index contributed by atoms with van der Waals surface area (Å²) in [5, 5.41) is 0. The minimum atomic E-state index is -3.07. The second-order valence-electron chi connectivity index (χ2n) is 3.54. The van der Waals surface area contributed by atoms with Crippen molar-refractivity contribution in [1.29, 1.82) is 0 Å². The lowest BCUT2D eigenvalue weighted by Gasteiger charge is -2.20. The fraction of sp³-hybridized carbons (Fsp3) is 0.778. The van der Waals surface area contributed by atoms with Crippen molar-refractivity contribution in [2.24, 2.45) is 5.92 Å². The Morgan fingerprint density at radius 2 is 2.31 bits per heavy atom. The van der Waals surface area contributed by atoms with Crippen LogP contribution in [0.25, 0.3) is 0 Å². The summed E-state index contributed by atoms with van der Waals surface area (Å²) in [5.41, 5.74) is 0. The molecule has 0 aromatic heterocycles. The van der Waals surface area contributed by atoms with E-state index in [9.17, 15) is 8.42 Å². The number of rotatable bonds is 2. The van der Waals surface area contributed by atoms with Gasteiger partial charge in [0.15, 0.2) is 0 Å². The van der Waals surface area contributed by atoms with E-state index in [0.29, 0.717) is 13.0 Å². The molecule has 0 saturated carbocycles. The molecule has 1 heterocycles. The van der Waals surface area contributed by atoms with Gasteiger partial charge in [0, 0.05) is 6.54 Å². The van der Waals surface area contributed by atoms with E-state index >= 15 is 0 Å². The normalized spacial score (nSPS) is 29.8. The van der Waals surface area contributed by atoms with E-state index in [1.807, 2.05) is 13.8 Å². The summed E-state index contributed by atoms with van der Waals surface area (Å²) >= 11 is 0. The summed E-state index contributed by atoms with van der Waals surface area (Å²) in [6, 6.07) is -0.255. The van der Waals surface area contributed by atoms with Crippen LogP contribution in [0.5, 0.6) is 0 Å². The molecule has 2 unspecified atom stereocenters. The van der Waals surface area contributed by atoms with E-state index in [-0.39, 0.29) is 17.7 Å². The van der Waals surface area contributed by atoms with Gasteiger partial charge in [-0.1, -0.05) is 19.8 Å². The Labute approximate surface area is 80.2 Å². The first-order valence-electron chi connectivity index (χ1n) is 4.47. The van der Waals surface area contributed by atoms with Crippen molar-refractivity contribution in [3.05, 3.63) is 0 Å². The molecule has 1 fully saturated rings. The number of hydrogen-bond donors (Lipinski definition) is 0. The monoisotopic (exact) mass is 201 g/mol. The molecule has 1 saturated heterocycles. The molecule has 0 amide bonds. The molecular formula is C9H15NO2S. The summed E-state index contributed by atoms with van der Waals surface area (Å²) in [6.45, 7) is 4.41. The summed E-state index contributed by atoms with van der Waals surface area (Å²) in [7, 11) is -3.07. The molecule has 0 aromatic carbocycles. The van der Waals surface area contributed by atoms with Crippen LogP contribution in [0.2, 0.25) is 0 Å². The molecule has 3 nitrogen and oxygen atoms in total. The summed E-state index contributed by atoms with van der Waals surface area (Å²) in [4.78, 5) is 0. The number of terminal acetylenes is 1. The van der Waals surface area contributed by atoms with Crippen molar-refractivity contribution >= 4 is 10.0 Å². The first-order valence-corrected chi connectivity index (χ1v) is 6.07. The molecule has 0 bridgehead atoms. The van der Waals surface area contributed by atoms with Crippen LogP contribution in [0.4, 0.5) is 0 Å². The van der Waals surface area contributed by atoms with Gasteiger partial charge in [-0.3, -0.25) is 0 Å². The van der Waals surface area contributed by atoms with Crippen molar-refractivity contribution in [3.8, 4) is 12.3 Å². The van der Waals surface area contributed by atoms with E-state index in [1.165, 1.54) is 4.31 Å². The molecule has 0 N–H and O–H groups in total. The quantitative estimate of drug-likeness (QED) is 0.616. The molecule has 1 rings (SSSR count). The predicted octanol–water partition coefficient (Wildman–Crippen LogP) is 0.680. The van der Waals surface area contributed by atoms with Gasteiger partial charge in [-0.05, 0) is 12.3 Å². The molecular weight excluding hydrogens is 186 g/mol. The third-order valence-electron chi connectivity index (χ3n) is 2.27. The van der Waals surface area contributed by atoms with Crippen molar-refractivity contribution in [1.82, 2.24) is 4.31 Å². The summed E-state index contributed by atoms with van der Waals surface area (Å²) in [5.74, 6) is 2.96. The SMILES string of the molecule is C#CC(CC)N1CC(C)CS1(=O)=O. The molecule has 1 aliphatic rings. The van der Waals surface area contributed by atoms with Gasteiger partial charge in [-0.15, -0.1) is 6.42 Å². The Kier molecular flexibility index (Phi) is 2.99. The lowest BCUT2D eigenvalue weighted by atomic mass is 10.2. The van der Waals surface area contributed by atoms with E-state index in [1.54, 1.807) is 0 Å². The maximum absolute atomic E-state index is 11.6. The van der Waals surface area contributed by atoms with Crippen LogP contribution in [0.1, 0.15) is 20.3 Å². The molecule has 74 valence electrons. The van der Waals surface area contributed by atoms with Crippen molar-refractivity contribution in [2.75, 3.05) is 12.3 Å². The Hall–Kier alpha value is -0.530. The highest BCUT2D eigenvalue weighted by Gasteiger charge is 2.36.